The molecule has 214 valence electrons. The van der Waals surface area contributed by atoms with Crippen molar-refractivity contribution in [1.82, 2.24) is 16.1 Å². The minimum absolute atomic E-state index is 0.162. The molecule has 4 N–H and O–H groups in total. The molecule has 2 aromatic rings. The van der Waals surface area contributed by atoms with E-state index in [1.807, 2.05) is 6.92 Å². The third-order valence-electron chi connectivity index (χ3n) is 5.67. The zero-order valence-electron chi connectivity index (χ0n) is 22.9. The van der Waals surface area contributed by atoms with E-state index in [4.69, 9.17) is 23.7 Å². The molecule has 0 bridgehead atoms. The van der Waals surface area contributed by atoms with Crippen LogP contribution in [0, 0.1) is 0 Å². The molecule has 0 unspecified atom stereocenters. The molecule has 0 saturated carbocycles. The van der Waals surface area contributed by atoms with Crippen LogP contribution in [-0.2, 0) is 9.53 Å². The van der Waals surface area contributed by atoms with Crippen molar-refractivity contribution < 1.29 is 38.4 Å². The maximum atomic E-state index is 12.4. The zero-order valence-corrected chi connectivity index (χ0v) is 22.9. The van der Waals surface area contributed by atoms with Crippen molar-refractivity contribution in [2.45, 2.75) is 26.1 Å². The number of hydrogen-bond acceptors (Lipinski definition) is 10. The van der Waals surface area contributed by atoms with Crippen molar-refractivity contribution in [3.05, 3.63) is 71.5 Å². The number of nitrogens with zero attached hydrogens (tertiary/aromatic N) is 1. The van der Waals surface area contributed by atoms with Gasteiger partial charge in [0.05, 0.1) is 38.7 Å². The second-order valence-electron chi connectivity index (χ2n) is 8.39. The maximum Gasteiger partial charge on any atom is 0.337 e. The van der Waals surface area contributed by atoms with Crippen molar-refractivity contribution in [1.29, 1.82) is 0 Å². The summed E-state index contributed by atoms with van der Waals surface area (Å²) in [6, 6.07) is 9.13. The molecule has 12 nitrogen and oxygen atoms in total. The van der Waals surface area contributed by atoms with Crippen LogP contribution in [0.1, 0.15) is 31.0 Å². The SMILES string of the molecule is C=CCOc1c(/C=N/N[C@@H](O)COc2ccc([C@@H]3NC(=O)NC(C)=C3C(=O)OC)cc2OCC)cccc1OC. The number of esters is 1. The average Bonchev–Trinajstić information content (AvgIpc) is 2.95. The monoisotopic (exact) mass is 554 g/mol. The van der Waals surface area contributed by atoms with Gasteiger partial charge in [0, 0.05) is 11.3 Å². The highest BCUT2D eigenvalue weighted by molar-refractivity contribution is 5.95. The fourth-order valence-corrected chi connectivity index (χ4v) is 3.91. The van der Waals surface area contributed by atoms with Crippen LogP contribution >= 0.6 is 0 Å². The second kappa shape index (κ2) is 14.4. The van der Waals surface area contributed by atoms with Crippen LogP contribution in [0.2, 0.25) is 0 Å². The van der Waals surface area contributed by atoms with Crippen molar-refractivity contribution in [2.75, 3.05) is 34.0 Å². The Bertz CT molecular complexity index is 1280. The number of methoxy groups -OCH3 is 2. The molecule has 0 aromatic heterocycles. The summed E-state index contributed by atoms with van der Waals surface area (Å²) in [5.41, 5.74) is 4.48. The Morgan fingerprint density at radius 3 is 2.67 bits per heavy atom. The van der Waals surface area contributed by atoms with Gasteiger partial charge in [-0.3, -0.25) is 5.43 Å². The van der Waals surface area contributed by atoms with Crippen molar-refractivity contribution in [3.8, 4) is 23.0 Å². The minimum atomic E-state index is -1.16. The Kier molecular flexibility index (Phi) is 10.8. The van der Waals surface area contributed by atoms with Gasteiger partial charge in [-0.15, -0.1) is 0 Å². The molecule has 1 aliphatic heterocycles. The normalized spacial score (nSPS) is 15.5. The zero-order chi connectivity index (χ0) is 29.1. The minimum Gasteiger partial charge on any atom is -0.493 e. The molecule has 0 saturated heterocycles. The van der Waals surface area contributed by atoms with E-state index in [0.717, 1.165) is 0 Å². The molecule has 0 fully saturated rings. The summed E-state index contributed by atoms with van der Waals surface area (Å²) in [7, 11) is 2.81. The number of rotatable bonds is 14. The highest BCUT2D eigenvalue weighted by atomic mass is 16.5. The first-order chi connectivity index (χ1) is 19.3. The van der Waals surface area contributed by atoms with Crippen LogP contribution in [0.4, 0.5) is 4.79 Å². The molecule has 1 aliphatic rings. The lowest BCUT2D eigenvalue weighted by atomic mass is 9.95. The Labute approximate surface area is 232 Å². The number of urea groups is 1. The number of para-hydroxylation sites is 1. The van der Waals surface area contributed by atoms with E-state index in [2.05, 4.69) is 27.7 Å². The van der Waals surface area contributed by atoms with E-state index in [1.165, 1.54) is 20.4 Å². The van der Waals surface area contributed by atoms with E-state index >= 15 is 0 Å². The molecule has 40 heavy (non-hydrogen) atoms. The number of hydrazone groups is 1. The molecular formula is C28H34N4O8. The molecule has 0 radical (unpaired) electrons. The van der Waals surface area contributed by atoms with Crippen LogP contribution < -0.4 is 35.0 Å². The average molecular weight is 555 g/mol. The third-order valence-corrected chi connectivity index (χ3v) is 5.67. The summed E-state index contributed by atoms with van der Waals surface area (Å²) >= 11 is 0. The van der Waals surface area contributed by atoms with Gasteiger partial charge in [0.1, 0.15) is 13.2 Å². The van der Waals surface area contributed by atoms with Gasteiger partial charge in [0.15, 0.2) is 29.2 Å². The van der Waals surface area contributed by atoms with Crippen molar-refractivity contribution in [2.24, 2.45) is 5.10 Å². The fourth-order valence-electron chi connectivity index (χ4n) is 3.91. The standard InChI is InChI=1S/C28H34N4O8/c1-6-13-39-26-19(9-8-10-21(26)36-4)15-29-32-23(33)16-40-20-12-11-18(14-22(20)38-7-2)25-24(27(34)37-5)17(3)30-28(35)31-25/h6,8-12,14-15,23,25,32-33H,1,7,13,16H2,2-5H3,(H2,30,31,35)/b29-15+/t23-,25-/m0/s1. The number of nitrogens with one attached hydrogen (secondary N) is 3. The Hall–Kier alpha value is -4.71. The number of amides is 2. The fraction of sp³-hybridized carbons (Fsp3) is 0.321. The number of carbonyl (C=O) groups excluding carboxylic acids is 2. The second-order valence-corrected chi connectivity index (χ2v) is 8.39. The first-order valence-corrected chi connectivity index (χ1v) is 12.5. The first-order valence-electron chi connectivity index (χ1n) is 12.5. The maximum absolute atomic E-state index is 12.4. The molecule has 3 rings (SSSR count). The molecule has 2 amide bonds. The Morgan fingerprint density at radius 2 is 1.98 bits per heavy atom. The summed E-state index contributed by atoms with van der Waals surface area (Å²) in [5, 5.41) is 19.8. The topological polar surface area (TPSA) is 149 Å². The lowest BCUT2D eigenvalue weighted by molar-refractivity contribution is -0.136. The quantitative estimate of drug-likeness (QED) is 0.0909. The van der Waals surface area contributed by atoms with Gasteiger partial charge in [-0.1, -0.05) is 24.8 Å². The highest BCUT2D eigenvalue weighted by Gasteiger charge is 2.32. The van der Waals surface area contributed by atoms with Gasteiger partial charge in [0.2, 0.25) is 0 Å². The van der Waals surface area contributed by atoms with E-state index in [-0.39, 0.29) is 18.8 Å². The van der Waals surface area contributed by atoms with Crippen LogP contribution in [0.15, 0.2) is 65.4 Å². The van der Waals surface area contributed by atoms with Crippen molar-refractivity contribution >= 4 is 18.2 Å². The van der Waals surface area contributed by atoms with Gasteiger partial charge in [-0.2, -0.15) is 5.10 Å². The molecule has 1 heterocycles. The molecule has 0 spiro atoms. The largest absolute Gasteiger partial charge is 0.493 e. The van der Waals surface area contributed by atoms with Crippen LogP contribution in [0.25, 0.3) is 0 Å². The van der Waals surface area contributed by atoms with Gasteiger partial charge in [-0.25, -0.2) is 9.59 Å². The predicted octanol–water partition coefficient (Wildman–Crippen LogP) is 2.78. The first kappa shape index (κ1) is 29.8. The number of aliphatic hydroxyl groups excluding tert-OH is 1. The molecule has 0 aliphatic carbocycles. The smallest absolute Gasteiger partial charge is 0.337 e. The Morgan fingerprint density at radius 1 is 1.18 bits per heavy atom. The molecule has 12 heteroatoms. The molecule has 2 atom stereocenters. The summed E-state index contributed by atoms with van der Waals surface area (Å²) in [6.45, 7) is 7.54. The van der Waals surface area contributed by atoms with Crippen LogP contribution in [0.5, 0.6) is 23.0 Å². The van der Waals surface area contributed by atoms with E-state index in [0.29, 0.717) is 46.4 Å². The van der Waals surface area contributed by atoms with Crippen LogP contribution in [-0.4, -0.2) is 63.6 Å². The van der Waals surface area contributed by atoms with Gasteiger partial charge in [-0.05, 0) is 43.7 Å². The van der Waals surface area contributed by atoms with E-state index in [1.54, 1.807) is 49.4 Å². The van der Waals surface area contributed by atoms with E-state index in [9.17, 15) is 14.7 Å². The highest BCUT2D eigenvalue weighted by Crippen LogP contribution is 2.35. The third kappa shape index (κ3) is 7.44. The number of aliphatic hydroxyl groups is 1. The summed E-state index contributed by atoms with van der Waals surface area (Å²) in [5.74, 6) is 1.17. The number of benzene rings is 2. The Balaban J connectivity index is 1.71. The lowest BCUT2D eigenvalue weighted by Gasteiger charge is -2.28. The predicted molar refractivity (Wildman–Crippen MR) is 148 cm³/mol. The van der Waals surface area contributed by atoms with Crippen molar-refractivity contribution in [3.63, 3.8) is 0 Å². The summed E-state index contributed by atoms with van der Waals surface area (Å²) in [6.07, 6.45) is 1.95. The van der Waals surface area contributed by atoms with Gasteiger partial charge >= 0.3 is 12.0 Å². The number of hydrogen-bond donors (Lipinski definition) is 4. The number of allylic oxidation sites excluding steroid dienone is 1. The molecule has 2 aromatic carbocycles. The van der Waals surface area contributed by atoms with E-state index < -0.39 is 24.3 Å². The summed E-state index contributed by atoms with van der Waals surface area (Å²) < 4.78 is 27.4. The number of carbonyl (C=O) groups is 2. The lowest BCUT2D eigenvalue weighted by Crippen LogP contribution is -2.45. The van der Waals surface area contributed by atoms with Gasteiger partial charge < -0.3 is 39.4 Å². The number of ether oxygens (including phenoxy) is 5. The van der Waals surface area contributed by atoms with Crippen LogP contribution in [0.3, 0.4) is 0 Å². The van der Waals surface area contributed by atoms with Gasteiger partial charge in [0.25, 0.3) is 0 Å². The summed E-state index contributed by atoms with van der Waals surface area (Å²) in [4.78, 5) is 24.5. The molecular weight excluding hydrogens is 520 g/mol.